The second-order valence-corrected chi connectivity index (χ2v) is 3.31. The number of morpholine rings is 1. The Labute approximate surface area is 82.2 Å². The van der Waals surface area contributed by atoms with Gasteiger partial charge in [0.1, 0.15) is 6.04 Å². The van der Waals surface area contributed by atoms with Gasteiger partial charge in [0.15, 0.2) is 0 Å². The molecule has 1 aliphatic heterocycles. The van der Waals surface area contributed by atoms with E-state index in [1.165, 1.54) is 4.90 Å². The molecule has 6 nitrogen and oxygen atoms in total. The number of ether oxygens (including phenoxy) is 1. The topological polar surface area (TPSA) is 98.7 Å². The zero-order valence-corrected chi connectivity index (χ0v) is 8.10. The number of carbonyl (C=O) groups is 2. The molecule has 1 unspecified atom stereocenters. The predicted molar refractivity (Wildman–Crippen MR) is 49.2 cm³/mol. The Hall–Kier alpha value is -1.14. The molecule has 6 heteroatoms. The van der Waals surface area contributed by atoms with Gasteiger partial charge in [0, 0.05) is 6.54 Å². The van der Waals surface area contributed by atoms with Gasteiger partial charge in [0.25, 0.3) is 0 Å². The highest BCUT2D eigenvalue weighted by Gasteiger charge is 2.32. The van der Waals surface area contributed by atoms with Gasteiger partial charge in [0.2, 0.25) is 11.8 Å². The fourth-order valence-corrected chi connectivity index (χ4v) is 1.36. The molecule has 80 valence electrons. The lowest BCUT2D eigenvalue weighted by atomic mass is 10.2. The molecule has 0 spiro atoms. The van der Waals surface area contributed by atoms with Crippen LogP contribution in [0.25, 0.3) is 0 Å². The molecule has 1 heterocycles. The zero-order chi connectivity index (χ0) is 10.7. The van der Waals surface area contributed by atoms with Crippen LogP contribution in [0.3, 0.4) is 0 Å². The third-order valence-corrected chi connectivity index (χ3v) is 2.13. The van der Waals surface area contributed by atoms with Crippen molar-refractivity contribution in [3.63, 3.8) is 0 Å². The van der Waals surface area contributed by atoms with Crippen molar-refractivity contribution >= 4 is 11.8 Å². The van der Waals surface area contributed by atoms with Gasteiger partial charge in [-0.2, -0.15) is 0 Å². The molecule has 1 aliphatic rings. The summed E-state index contributed by atoms with van der Waals surface area (Å²) in [6.45, 7) is 2.53. The molecule has 4 N–H and O–H groups in total. The number of rotatable bonds is 2. The number of carbonyl (C=O) groups excluding carboxylic acids is 2. The van der Waals surface area contributed by atoms with Crippen LogP contribution >= 0.6 is 0 Å². The number of nitrogens with zero attached hydrogens (tertiary/aromatic N) is 1. The summed E-state index contributed by atoms with van der Waals surface area (Å²) >= 11 is 0. The summed E-state index contributed by atoms with van der Waals surface area (Å²) < 4.78 is 5.07. The van der Waals surface area contributed by atoms with E-state index < -0.39 is 18.0 Å². The number of hydrogen-bond acceptors (Lipinski definition) is 4. The molecule has 1 saturated heterocycles. The van der Waals surface area contributed by atoms with Crippen molar-refractivity contribution in [2.75, 3.05) is 19.8 Å². The maximum atomic E-state index is 11.6. The third-order valence-electron chi connectivity index (χ3n) is 2.13. The van der Waals surface area contributed by atoms with Crippen molar-refractivity contribution in [1.82, 2.24) is 4.90 Å². The Morgan fingerprint density at radius 3 is 2.71 bits per heavy atom. The molecule has 14 heavy (non-hydrogen) atoms. The van der Waals surface area contributed by atoms with E-state index >= 15 is 0 Å². The number of nitrogens with two attached hydrogens (primary N) is 2. The van der Waals surface area contributed by atoms with Crippen LogP contribution in [0.15, 0.2) is 0 Å². The van der Waals surface area contributed by atoms with Gasteiger partial charge in [-0.1, -0.05) is 0 Å². The molecular weight excluding hydrogens is 186 g/mol. The van der Waals surface area contributed by atoms with Crippen molar-refractivity contribution < 1.29 is 14.3 Å². The molecule has 1 rings (SSSR count). The fraction of sp³-hybridized carbons (Fsp3) is 0.750. The summed E-state index contributed by atoms with van der Waals surface area (Å²) in [6, 6.07) is -1.29. The Bertz CT molecular complexity index is 242. The summed E-state index contributed by atoms with van der Waals surface area (Å²) in [6.07, 6.45) is 0. The molecule has 2 amide bonds. The van der Waals surface area contributed by atoms with Gasteiger partial charge >= 0.3 is 0 Å². The standard InChI is InChI=1S/C8H15N3O3/c1-5(9)8(13)11-2-3-14-4-6(11)7(10)12/h5-6H,2-4,9H2,1H3,(H2,10,12)/t5-,6?/m1/s1. The molecule has 0 aromatic carbocycles. The van der Waals surface area contributed by atoms with Crippen molar-refractivity contribution in [3.8, 4) is 0 Å². The Morgan fingerprint density at radius 1 is 1.57 bits per heavy atom. The molecule has 2 atom stereocenters. The highest BCUT2D eigenvalue weighted by Crippen LogP contribution is 2.07. The van der Waals surface area contributed by atoms with Crippen LogP contribution in [0.1, 0.15) is 6.92 Å². The molecule has 0 aliphatic carbocycles. The van der Waals surface area contributed by atoms with Crippen molar-refractivity contribution in [2.45, 2.75) is 19.0 Å². The van der Waals surface area contributed by atoms with Crippen molar-refractivity contribution in [1.29, 1.82) is 0 Å². The smallest absolute Gasteiger partial charge is 0.242 e. The minimum Gasteiger partial charge on any atom is -0.377 e. The molecule has 0 saturated carbocycles. The van der Waals surface area contributed by atoms with Crippen LogP contribution in [0.2, 0.25) is 0 Å². The third kappa shape index (κ3) is 2.21. The lowest BCUT2D eigenvalue weighted by molar-refractivity contribution is -0.147. The van der Waals surface area contributed by atoms with E-state index in [-0.39, 0.29) is 12.5 Å². The van der Waals surface area contributed by atoms with E-state index in [0.717, 1.165) is 0 Å². The zero-order valence-electron chi connectivity index (χ0n) is 8.10. The lowest BCUT2D eigenvalue weighted by Crippen LogP contribution is -2.57. The number of hydrogen-bond donors (Lipinski definition) is 2. The van der Waals surface area contributed by atoms with E-state index in [4.69, 9.17) is 16.2 Å². The average molecular weight is 201 g/mol. The second kappa shape index (κ2) is 4.39. The van der Waals surface area contributed by atoms with Crippen LogP contribution < -0.4 is 11.5 Å². The molecule has 1 fully saturated rings. The number of primary amides is 1. The summed E-state index contributed by atoms with van der Waals surface area (Å²) in [4.78, 5) is 23.9. The fourth-order valence-electron chi connectivity index (χ4n) is 1.36. The lowest BCUT2D eigenvalue weighted by Gasteiger charge is -2.34. The van der Waals surface area contributed by atoms with Gasteiger partial charge in [-0.05, 0) is 6.92 Å². The van der Waals surface area contributed by atoms with Gasteiger partial charge in [0.05, 0.1) is 19.3 Å². The minimum absolute atomic E-state index is 0.161. The van der Waals surface area contributed by atoms with Crippen LogP contribution in [-0.4, -0.2) is 48.6 Å². The van der Waals surface area contributed by atoms with E-state index in [9.17, 15) is 9.59 Å². The van der Waals surface area contributed by atoms with Crippen molar-refractivity contribution in [2.24, 2.45) is 11.5 Å². The Morgan fingerprint density at radius 2 is 2.21 bits per heavy atom. The molecule has 0 bridgehead atoms. The molecule has 0 aromatic rings. The van der Waals surface area contributed by atoms with Crippen LogP contribution in [0.5, 0.6) is 0 Å². The summed E-state index contributed by atoms with van der Waals surface area (Å²) in [5.74, 6) is -0.823. The van der Waals surface area contributed by atoms with E-state index in [1.807, 2.05) is 0 Å². The van der Waals surface area contributed by atoms with Gasteiger partial charge in [-0.3, -0.25) is 9.59 Å². The largest absolute Gasteiger partial charge is 0.377 e. The second-order valence-electron chi connectivity index (χ2n) is 3.31. The van der Waals surface area contributed by atoms with Crippen LogP contribution in [0.4, 0.5) is 0 Å². The molecule has 0 aromatic heterocycles. The Balaban J connectivity index is 2.72. The van der Waals surface area contributed by atoms with E-state index in [0.29, 0.717) is 13.2 Å². The quantitative estimate of drug-likeness (QED) is 0.542. The maximum absolute atomic E-state index is 11.6. The normalized spacial score (nSPS) is 24.4. The first-order valence-corrected chi connectivity index (χ1v) is 4.47. The monoisotopic (exact) mass is 201 g/mol. The SMILES string of the molecule is C[C@@H](N)C(=O)N1CCOCC1C(N)=O. The first-order valence-electron chi connectivity index (χ1n) is 4.47. The first-order chi connectivity index (χ1) is 6.54. The summed E-state index contributed by atoms with van der Waals surface area (Å²) in [7, 11) is 0. The molecule has 0 radical (unpaired) electrons. The van der Waals surface area contributed by atoms with Crippen molar-refractivity contribution in [3.05, 3.63) is 0 Å². The highest BCUT2D eigenvalue weighted by molar-refractivity contribution is 5.89. The maximum Gasteiger partial charge on any atom is 0.242 e. The average Bonchev–Trinajstić information content (AvgIpc) is 2.16. The first kappa shape index (κ1) is 10.9. The van der Waals surface area contributed by atoms with Gasteiger partial charge < -0.3 is 21.1 Å². The minimum atomic E-state index is -0.678. The Kier molecular flexibility index (Phi) is 3.43. The van der Waals surface area contributed by atoms with Crippen LogP contribution in [-0.2, 0) is 14.3 Å². The van der Waals surface area contributed by atoms with E-state index in [1.54, 1.807) is 6.92 Å². The van der Waals surface area contributed by atoms with Gasteiger partial charge in [-0.15, -0.1) is 0 Å². The summed E-state index contributed by atoms with van der Waals surface area (Å²) in [5.41, 5.74) is 10.6. The highest BCUT2D eigenvalue weighted by atomic mass is 16.5. The van der Waals surface area contributed by atoms with Crippen LogP contribution in [0, 0.1) is 0 Å². The van der Waals surface area contributed by atoms with E-state index in [2.05, 4.69) is 0 Å². The van der Waals surface area contributed by atoms with Gasteiger partial charge in [-0.25, -0.2) is 0 Å². The predicted octanol–water partition coefficient (Wildman–Crippen LogP) is -1.95. The summed E-state index contributed by atoms with van der Waals surface area (Å²) in [5, 5.41) is 0. The molecular formula is C8H15N3O3. The number of amides is 2.